The van der Waals surface area contributed by atoms with E-state index in [0.29, 0.717) is 6.07 Å². The first-order chi connectivity index (χ1) is 16.1. The maximum Gasteiger partial charge on any atom is 0.433 e. The number of halogens is 6. The van der Waals surface area contributed by atoms with E-state index >= 15 is 0 Å². The molecule has 1 aliphatic rings. The topological polar surface area (TPSA) is 116 Å². The molecule has 35 heavy (non-hydrogen) atoms. The first kappa shape index (κ1) is 26.2. The summed E-state index contributed by atoms with van der Waals surface area (Å²) >= 11 is 0. The Hall–Kier alpha value is -3.42. The van der Waals surface area contributed by atoms with E-state index in [-0.39, 0.29) is 16.9 Å². The smallest absolute Gasteiger partial charge is 0.433 e. The van der Waals surface area contributed by atoms with Crippen LogP contribution in [0.4, 0.5) is 32.0 Å². The Kier molecular flexibility index (Phi) is 6.72. The minimum absolute atomic E-state index is 0.00748. The quantitative estimate of drug-likeness (QED) is 0.598. The van der Waals surface area contributed by atoms with Gasteiger partial charge in [0.1, 0.15) is 23.2 Å². The molecule has 0 radical (unpaired) electrons. The number of nitrogens with two attached hydrogens (primary N) is 1. The molecular formula is C21H20F6N4O4. The highest BCUT2D eigenvalue weighted by Gasteiger charge is 2.66. The van der Waals surface area contributed by atoms with Gasteiger partial charge in [-0.2, -0.15) is 26.3 Å². The van der Waals surface area contributed by atoms with Gasteiger partial charge in [-0.15, -0.1) is 0 Å². The lowest BCUT2D eigenvalue weighted by molar-refractivity contribution is -0.272. The van der Waals surface area contributed by atoms with Crippen molar-refractivity contribution in [3.8, 4) is 5.75 Å². The van der Waals surface area contributed by atoms with Gasteiger partial charge in [0.05, 0.1) is 7.11 Å². The number of carbonyl (C=O) groups excluding carboxylic acids is 2. The van der Waals surface area contributed by atoms with Crippen LogP contribution in [0.15, 0.2) is 30.6 Å². The lowest BCUT2D eigenvalue weighted by atomic mass is 9.77. The molecule has 0 saturated carbocycles. The molecular weight excluding hydrogens is 486 g/mol. The first-order valence-corrected chi connectivity index (χ1v) is 10.0. The minimum atomic E-state index is -4.93. The minimum Gasteiger partial charge on any atom is -0.496 e. The maximum atomic E-state index is 14.0. The number of anilines is 1. The molecule has 3 heterocycles. The van der Waals surface area contributed by atoms with Crippen molar-refractivity contribution in [3.05, 3.63) is 47.5 Å². The van der Waals surface area contributed by atoms with Crippen LogP contribution in [0.5, 0.6) is 5.75 Å². The van der Waals surface area contributed by atoms with Crippen LogP contribution in [0.25, 0.3) is 0 Å². The fraction of sp³-hybridized carbons (Fsp3) is 0.429. The fourth-order valence-corrected chi connectivity index (χ4v) is 3.91. The molecule has 1 fully saturated rings. The third-order valence-corrected chi connectivity index (χ3v) is 5.97. The zero-order valence-electron chi connectivity index (χ0n) is 18.5. The average molecular weight is 506 g/mol. The Morgan fingerprint density at radius 2 is 1.83 bits per heavy atom. The highest BCUT2D eigenvalue weighted by molar-refractivity contribution is 5.97. The summed E-state index contributed by atoms with van der Waals surface area (Å²) in [6.07, 6.45) is -9.70. The number of hydrogen-bond donors (Lipinski definition) is 2. The molecule has 1 saturated heterocycles. The van der Waals surface area contributed by atoms with Gasteiger partial charge in [-0.25, -0.2) is 0 Å². The summed E-state index contributed by atoms with van der Waals surface area (Å²) in [5, 5.41) is 2.34. The third-order valence-electron chi connectivity index (χ3n) is 5.97. The standard InChI is InChI=1S/C21H20F6N4O4/c1-9-15(11-8-30-14(20(22,23)24)7-13(11)34-3)16(35-19(9,2)21(25,26)27)18(33)31-10-4-5-29-12(6-10)17(28)32/h4-9,15-16H,1-3H3,(H2,28,32)(H,29,31,33)/t9-,15-,16-,19+/m1/s1. The Balaban J connectivity index is 2.07. The van der Waals surface area contributed by atoms with Crippen molar-refractivity contribution in [2.45, 2.75) is 43.8 Å². The second kappa shape index (κ2) is 8.98. The van der Waals surface area contributed by atoms with Crippen LogP contribution >= 0.6 is 0 Å². The summed E-state index contributed by atoms with van der Waals surface area (Å²) in [6.45, 7) is 1.92. The lowest BCUT2D eigenvalue weighted by Gasteiger charge is -2.31. The van der Waals surface area contributed by atoms with E-state index < -0.39 is 59.2 Å². The maximum absolute atomic E-state index is 14.0. The van der Waals surface area contributed by atoms with Crippen molar-refractivity contribution in [1.82, 2.24) is 9.97 Å². The number of aromatic nitrogens is 2. The lowest BCUT2D eigenvalue weighted by Crippen LogP contribution is -2.47. The fourth-order valence-electron chi connectivity index (χ4n) is 3.91. The zero-order chi connectivity index (χ0) is 26.3. The molecule has 4 atom stereocenters. The molecule has 8 nitrogen and oxygen atoms in total. The predicted octanol–water partition coefficient (Wildman–Crippen LogP) is 3.68. The van der Waals surface area contributed by atoms with Crippen LogP contribution in [0, 0.1) is 5.92 Å². The average Bonchev–Trinajstić information content (AvgIpc) is 3.04. The van der Waals surface area contributed by atoms with E-state index in [0.717, 1.165) is 32.5 Å². The molecule has 14 heteroatoms. The monoisotopic (exact) mass is 506 g/mol. The zero-order valence-corrected chi connectivity index (χ0v) is 18.5. The second-order valence-electron chi connectivity index (χ2n) is 8.05. The number of nitrogens with zero attached hydrogens (tertiary/aromatic N) is 2. The van der Waals surface area contributed by atoms with E-state index in [4.69, 9.17) is 15.2 Å². The van der Waals surface area contributed by atoms with Crippen molar-refractivity contribution in [1.29, 1.82) is 0 Å². The van der Waals surface area contributed by atoms with Crippen LogP contribution in [-0.4, -0.2) is 46.8 Å². The summed E-state index contributed by atoms with van der Waals surface area (Å²) < 4.78 is 91.5. The number of alkyl halides is 6. The van der Waals surface area contributed by atoms with Crippen LogP contribution in [0.2, 0.25) is 0 Å². The van der Waals surface area contributed by atoms with Crippen molar-refractivity contribution < 1.29 is 45.4 Å². The SMILES string of the molecule is COc1cc(C(F)(F)F)ncc1[C@H]1[C@@H](C)[C@@](C)(C(F)(F)F)O[C@H]1C(=O)Nc1ccnc(C(N)=O)c1. The number of hydrogen-bond acceptors (Lipinski definition) is 6. The van der Waals surface area contributed by atoms with Crippen LogP contribution in [0.3, 0.4) is 0 Å². The van der Waals surface area contributed by atoms with E-state index in [1.165, 1.54) is 13.0 Å². The van der Waals surface area contributed by atoms with Crippen LogP contribution < -0.4 is 15.8 Å². The highest BCUT2D eigenvalue weighted by atomic mass is 19.4. The summed E-state index contributed by atoms with van der Waals surface area (Å²) in [5.74, 6) is -5.20. The molecule has 0 bridgehead atoms. The van der Waals surface area contributed by atoms with Crippen LogP contribution in [0.1, 0.15) is 41.5 Å². The number of pyridine rings is 2. The summed E-state index contributed by atoms with van der Waals surface area (Å²) in [4.78, 5) is 31.4. The van der Waals surface area contributed by atoms with Gasteiger partial charge in [0, 0.05) is 41.5 Å². The van der Waals surface area contributed by atoms with E-state index in [2.05, 4.69) is 15.3 Å². The Morgan fingerprint density at radius 3 is 2.37 bits per heavy atom. The molecule has 0 unspecified atom stereocenters. The summed E-state index contributed by atoms with van der Waals surface area (Å²) in [5.41, 5.74) is 0.602. The van der Waals surface area contributed by atoms with Gasteiger partial charge in [-0.3, -0.25) is 19.6 Å². The second-order valence-corrected chi connectivity index (χ2v) is 8.05. The molecule has 190 valence electrons. The van der Waals surface area contributed by atoms with Gasteiger partial charge in [-0.1, -0.05) is 6.92 Å². The molecule has 0 spiro atoms. The summed E-state index contributed by atoms with van der Waals surface area (Å²) in [7, 11) is 1.04. The largest absolute Gasteiger partial charge is 0.496 e. The number of amides is 2. The predicted molar refractivity (Wildman–Crippen MR) is 108 cm³/mol. The number of primary amides is 1. The van der Waals surface area contributed by atoms with Crippen LogP contribution in [-0.2, 0) is 15.7 Å². The first-order valence-electron chi connectivity index (χ1n) is 10.0. The normalized spacial score (nSPS) is 24.8. The number of methoxy groups -OCH3 is 1. The third kappa shape index (κ3) is 4.88. The van der Waals surface area contributed by atoms with Gasteiger partial charge in [-0.05, 0) is 19.1 Å². The number of rotatable bonds is 5. The van der Waals surface area contributed by atoms with Gasteiger partial charge in [0.2, 0.25) is 0 Å². The van der Waals surface area contributed by atoms with Crippen molar-refractivity contribution in [2.24, 2.45) is 11.7 Å². The van der Waals surface area contributed by atoms with Crippen molar-refractivity contribution >= 4 is 17.5 Å². The van der Waals surface area contributed by atoms with Gasteiger partial charge < -0.3 is 20.5 Å². The number of ether oxygens (including phenoxy) is 2. The Morgan fingerprint density at radius 1 is 1.17 bits per heavy atom. The molecule has 3 N–H and O–H groups in total. The molecule has 2 aromatic rings. The van der Waals surface area contributed by atoms with Gasteiger partial charge in [0.25, 0.3) is 11.8 Å². The molecule has 1 aliphatic heterocycles. The van der Waals surface area contributed by atoms with E-state index in [1.54, 1.807) is 0 Å². The number of nitrogens with one attached hydrogen (secondary N) is 1. The number of carbonyl (C=O) groups is 2. The summed E-state index contributed by atoms with van der Waals surface area (Å²) in [6, 6.07) is 2.92. The molecule has 0 aliphatic carbocycles. The van der Waals surface area contributed by atoms with Gasteiger partial charge >= 0.3 is 12.4 Å². The Labute approximate surface area is 194 Å². The molecule has 2 amide bonds. The van der Waals surface area contributed by atoms with Crippen molar-refractivity contribution in [2.75, 3.05) is 12.4 Å². The molecule has 2 aromatic heterocycles. The van der Waals surface area contributed by atoms with Crippen molar-refractivity contribution in [3.63, 3.8) is 0 Å². The molecule has 0 aromatic carbocycles. The van der Waals surface area contributed by atoms with Gasteiger partial charge in [0.15, 0.2) is 5.60 Å². The van der Waals surface area contributed by atoms with E-state index in [9.17, 15) is 35.9 Å². The van der Waals surface area contributed by atoms with E-state index in [1.807, 2.05) is 0 Å². The molecule has 3 rings (SSSR count). The highest BCUT2D eigenvalue weighted by Crippen LogP contribution is 2.54. The Bertz CT molecular complexity index is 1140.